The van der Waals surface area contributed by atoms with Crippen LogP contribution in [0, 0.1) is 0 Å². The van der Waals surface area contributed by atoms with Gasteiger partial charge in [0, 0.05) is 26.7 Å². The molecule has 0 amide bonds. The van der Waals surface area contributed by atoms with Crippen molar-refractivity contribution in [2.75, 3.05) is 33.4 Å². The zero-order valence-electron chi connectivity index (χ0n) is 9.47. The number of hydrogen-bond acceptors (Lipinski definition) is 5. The van der Waals surface area contributed by atoms with Crippen LogP contribution < -0.4 is 10.0 Å². The molecule has 9 heteroatoms. The lowest BCUT2D eigenvalue weighted by Gasteiger charge is -2.05. The Morgan fingerprint density at radius 1 is 1.41 bits per heavy atom. The van der Waals surface area contributed by atoms with Crippen molar-refractivity contribution >= 4 is 22.4 Å². The van der Waals surface area contributed by atoms with Gasteiger partial charge in [-0.05, 0) is 0 Å². The average Bonchev–Trinajstić information content (AvgIpc) is 2.77. The smallest absolute Gasteiger partial charge is 0.257 e. The number of methoxy groups -OCH3 is 1. The molecule has 0 saturated heterocycles. The van der Waals surface area contributed by atoms with Gasteiger partial charge in [-0.1, -0.05) is 0 Å². The largest absolute Gasteiger partial charge is 0.383 e. The van der Waals surface area contributed by atoms with Crippen LogP contribution in [0.2, 0.25) is 0 Å². The maximum absolute atomic E-state index is 11.5. The molecule has 0 fully saturated rings. The zero-order chi connectivity index (χ0) is 11.9. The number of aromatic nitrogens is 2. The van der Waals surface area contributed by atoms with Gasteiger partial charge in [-0.2, -0.15) is 0 Å². The summed E-state index contributed by atoms with van der Waals surface area (Å²) in [6.07, 6.45) is 2.59. The van der Waals surface area contributed by atoms with Crippen LogP contribution in [0.15, 0.2) is 17.6 Å². The van der Waals surface area contributed by atoms with Gasteiger partial charge in [0.1, 0.15) is 0 Å². The van der Waals surface area contributed by atoms with E-state index in [2.05, 4.69) is 20.0 Å². The van der Waals surface area contributed by atoms with Gasteiger partial charge in [-0.15, -0.1) is 12.4 Å². The monoisotopic (exact) mass is 284 g/mol. The third kappa shape index (κ3) is 5.99. The van der Waals surface area contributed by atoms with Crippen molar-refractivity contribution in [1.82, 2.24) is 20.0 Å². The topological polar surface area (TPSA) is 96.1 Å². The standard InChI is InChI=1S/C8H16N4O3S.ClH/c1-15-5-4-9-2-3-12-16(13,14)8-6-10-7-11-8;/h6-7,9,12H,2-5H2,1H3,(H,10,11);1H. The molecule has 1 heterocycles. The molecule has 0 spiro atoms. The van der Waals surface area contributed by atoms with Crippen LogP contribution in [-0.4, -0.2) is 51.7 Å². The SMILES string of the molecule is COCCNCCNS(=O)(=O)c1cnc[nH]1.Cl. The van der Waals surface area contributed by atoms with E-state index in [1.54, 1.807) is 7.11 Å². The molecule has 0 atom stereocenters. The number of sulfonamides is 1. The van der Waals surface area contributed by atoms with Gasteiger partial charge in [0.05, 0.1) is 19.1 Å². The third-order valence-electron chi connectivity index (χ3n) is 1.84. The van der Waals surface area contributed by atoms with Gasteiger partial charge in [0.15, 0.2) is 5.03 Å². The lowest BCUT2D eigenvalue weighted by molar-refractivity contribution is 0.199. The molecule has 0 aliphatic heterocycles. The molecule has 0 saturated carbocycles. The molecule has 100 valence electrons. The summed E-state index contributed by atoms with van der Waals surface area (Å²) in [5, 5.41) is 3.10. The van der Waals surface area contributed by atoms with E-state index in [-0.39, 0.29) is 17.4 Å². The minimum atomic E-state index is -3.45. The molecule has 7 nitrogen and oxygen atoms in total. The molecule has 0 aliphatic rings. The fraction of sp³-hybridized carbons (Fsp3) is 0.625. The predicted octanol–water partition coefficient (Wildman–Crippen LogP) is -0.654. The van der Waals surface area contributed by atoms with Gasteiger partial charge in [-0.3, -0.25) is 0 Å². The van der Waals surface area contributed by atoms with Crippen LogP contribution in [0.1, 0.15) is 0 Å². The molecule has 0 aliphatic carbocycles. The number of rotatable bonds is 8. The Hall–Kier alpha value is -0.670. The van der Waals surface area contributed by atoms with Crippen molar-refractivity contribution in [3.63, 3.8) is 0 Å². The summed E-state index contributed by atoms with van der Waals surface area (Å²) in [5.41, 5.74) is 0. The first-order valence-electron chi connectivity index (χ1n) is 4.84. The maximum atomic E-state index is 11.5. The Bertz CT molecular complexity index is 381. The molecular formula is C8H17ClN4O3S. The third-order valence-corrected chi connectivity index (χ3v) is 3.23. The van der Waals surface area contributed by atoms with Crippen LogP contribution in [0.4, 0.5) is 0 Å². The Balaban J connectivity index is 0.00000256. The number of ether oxygens (including phenoxy) is 1. The average molecular weight is 285 g/mol. The van der Waals surface area contributed by atoms with Crippen molar-refractivity contribution in [2.45, 2.75) is 5.03 Å². The summed E-state index contributed by atoms with van der Waals surface area (Å²) in [6, 6.07) is 0. The highest BCUT2D eigenvalue weighted by atomic mass is 35.5. The van der Waals surface area contributed by atoms with Gasteiger partial charge >= 0.3 is 0 Å². The van der Waals surface area contributed by atoms with Crippen LogP contribution in [0.25, 0.3) is 0 Å². The molecule has 1 aromatic rings. The Morgan fingerprint density at radius 3 is 2.76 bits per heavy atom. The first-order chi connectivity index (χ1) is 7.67. The van der Waals surface area contributed by atoms with Crippen LogP contribution in [0.3, 0.4) is 0 Å². The molecule has 3 N–H and O–H groups in total. The highest BCUT2D eigenvalue weighted by Crippen LogP contribution is 2.00. The molecule has 0 aromatic carbocycles. The summed E-state index contributed by atoms with van der Waals surface area (Å²) in [5.74, 6) is 0. The summed E-state index contributed by atoms with van der Waals surface area (Å²) in [4.78, 5) is 6.19. The fourth-order valence-electron chi connectivity index (χ4n) is 1.04. The molecule has 1 aromatic heterocycles. The molecule has 0 radical (unpaired) electrons. The number of halogens is 1. The van der Waals surface area contributed by atoms with Gasteiger partial charge in [0.2, 0.25) is 0 Å². The summed E-state index contributed by atoms with van der Waals surface area (Å²) < 4.78 is 30.4. The Kier molecular flexibility index (Phi) is 8.09. The van der Waals surface area contributed by atoms with E-state index in [1.807, 2.05) is 0 Å². The predicted molar refractivity (Wildman–Crippen MR) is 65.8 cm³/mol. The van der Waals surface area contributed by atoms with Crippen molar-refractivity contribution in [3.05, 3.63) is 12.5 Å². The lowest BCUT2D eigenvalue weighted by atomic mass is 10.6. The van der Waals surface area contributed by atoms with Gasteiger partial charge < -0.3 is 15.0 Å². The second-order valence-corrected chi connectivity index (χ2v) is 4.79. The molecule has 0 unspecified atom stereocenters. The minimum Gasteiger partial charge on any atom is -0.383 e. The number of nitrogens with zero attached hydrogens (tertiary/aromatic N) is 1. The molecule has 1 rings (SSSR count). The summed E-state index contributed by atoms with van der Waals surface area (Å²) >= 11 is 0. The van der Waals surface area contributed by atoms with E-state index in [0.29, 0.717) is 26.2 Å². The number of imidazole rings is 1. The molecule has 0 bridgehead atoms. The van der Waals surface area contributed by atoms with E-state index < -0.39 is 10.0 Å². The summed E-state index contributed by atoms with van der Waals surface area (Å²) in [7, 11) is -1.84. The van der Waals surface area contributed by atoms with Gasteiger partial charge in [0.25, 0.3) is 10.0 Å². The number of hydrogen-bond donors (Lipinski definition) is 3. The highest BCUT2D eigenvalue weighted by molar-refractivity contribution is 7.89. The van der Waals surface area contributed by atoms with Crippen molar-refractivity contribution in [2.24, 2.45) is 0 Å². The highest BCUT2D eigenvalue weighted by Gasteiger charge is 2.13. The number of aromatic amines is 1. The Labute approximate surface area is 107 Å². The fourth-order valence-corrected chi connectivity index (χ4v) is 1.97. The van der Waals surface area contributed by atoms with E-state index in [9.17, 15) is 8.42 Å². The molecule has 17 heavy (non-hydrogen) atoms. The second-order valence-electron chi connectivity index (χ2n) is 3.06. The van der Waals surface area contributed by atoms with E-state index in [0.717, 1.165) is 0 Å². The quantitative estimate of drug-likeness (QED) is 0.551. The van der Waals surface area contributed by atoms with Gasteiger partial charge in [-0.25, -0.2) is 18.1 Å². The van der Waals surface area contributed by atoms with E-state index in [1.165, 1.54) is 12.5 Å². The minimum absolute atomic E-state index is 0. The van der Waals surface area contributed by atoms with Crippen molar-refractivity contribution in [3.8, 4) is 0 Å². The number of nitrogens with one attached hydrogen (secondary N) is 3. The van der Waals surface area contributed by atoms with Crippen LogP contribution in [-0.2, 0) is 14.8 Å². The maximum Gasteiger partial charge on any atom is 0.257 e. The van der Waals surface area contributed by atoms with Crippen molar-refractivity contribution < 1.29 is 13.2 Å². The van der Waals surface area contributed by atoms with E-state index in [4.69, 9.17) is 4.74 Å². The lowest BCUT2D eigenvalue weighted by Crippen LogP contribution is -2.33. The van der Waals surface area contributed by atoms with Crippen molar-refractivity contribution in [1.29, 1.82) is 0 Å². The van der Waals surface area contributed by atoms with Crippen LogP contribution in [0.5, 0.6) is 0 Å². The first kappa shape index (κ1) is 16.3. The number of H-pyrrole nitrogens is 1. The summed E-state index contributed by atoms with van der Waals surface area (Å²) in [6.45, 7) is 2.18. The van der Waals surface area contributed by atoms with E-state index >= 15 is 0 Å². The first-order valence-corrected chi connectivity index (χ1v) is 6.33. The Morgan fingerprint density at radius 2 is 2.18 bits per heavy atom. The molecular weight excluding hydrogens is 268 g/mol. The second kappa shape index (κ2) is 8.43. The zero-order valence-corrected chi connectivity index (χ0v) is 11.1. The van der Waals surface area contributed by atoms with Crippen LogP contribution >= 0.6 is 12.4 Å². The normalized spacial score (nSPS) is 11.1.